The Kier molecular flexibility index (Phi) is 4.59. The van der Waals surface area contributed by atoms with E-state index in [4.69, 9.17) is 0 Å². The Morgan fingerprint density at radius 2 is 1.90 bits per heavy atom. The van der Waals surface area contributed by atoms with Crippen molar-refractivity contribution in [1.82, 2.24) is 0 Å². The highest BCUT2D eigenvalue weighted by atomic mass is 16.3. The highest BCUT2D eigenvalue weighted by Gasteiger charge is 2.50. The summed E-state index contributed by atoms with van der Waals surface area (Å²) in [5.41, 5.74) is 3.88. The summed E-state index contributed by atoms with van der Waals surface area (Å²) < 4.78 is 0. The molecule has 0 aromatic rings. The summed E-state index contributed by atoms with van der Waals surface area (Å²) in [4.78, 5) is 0. The smallest absolute Gasteiger partial charge is 0.0433 e. The average Bonchev–Trinajstić information content (AvgIpc) is 2.96. The normalized spacial score (nSPS) is 43.7. The molecule has 0 bridgehead atoms. The van der Waals surface area contributed by atoms with E-state index in [1.165, 1.54) is 51.4 Å². The van der Waals surface area contributed by atoms with Crippen LogP contribution in [-0.4, -0.2) is 11.7 Å². The first-order valence-electron chi connectivity index (χ1n) is 9.15. The fourth-order valence-corrected chi connectivity index (χ4v) is 5.39. The van der Waals surface area contributed by atoms with Crippen LogP contribution in [0.25, 0.3) is 0 Å². The summed E-state index contributed by atoms with van der Waals surface area (Å²) in [6.45, 7) is 5.25. The molecular formula is C20H32O. The number of hydrogen-bond donors (Lipinski definition) is 1. The number of aliphatic hydroxyl groups is 1. The Hall–Kier alpha value is -0.560. The van der Waals surface area contributed by atoms with Crippen molar-refractivity contribution in [2.45, 2.75) is 71.6 Å². The summed E-state index contributed by atoms with van der Waals surface area (Å²) >= 11 is 0. The maximum Gasteiger partial charge on any atom is 0.0433 e. The summed E-state index contributed by atoms with van der Waals surface area (Å²) in [7, 11) is 0. The number of fused-ring (bicyclic) bond motifs is 1. The molecule has 0 unspecified atom stereocenters. The molecule has 21 heavy (non-hydrogen) atoms. The molecule has 1 N–H and O–H groups in total. The first-order valence-corrected chi connectivity index (χ1v) is 9.15. The SMILES string of the molecule is C[C@H]1CCCCC1=CC=C1CC[C@]2(C)[C@@H](CCO)CC[C@@H]12. The Morgan fingerprint density at radius 1 is 1.10 bits per heavy atom. The average molecular weight is 288 g/mol. The fourth-order valence-electron chi connectivity index (χ4n) is 5.39. The number of rotatable bonds is 3. The van der Waals surface area contributed by atoms with Crippen LogP contribution in [0.4, 0.5) is 0 Å². The third kappa shape index (κ3) is 2.86. The summed E-state index contributed by atoms with van der Waals surface area (Å²) in [6.07, 6.45) is 16.8. The minimum absolute atomic E-state index is 0.369. The minimum atomic E-state index is 0.369. The molecule has 1 heteroatoms. The lowest BCUT2D eigenvalue weighted by Gasteiger charge is -2.31. The van der Waals surface area contributed by atoms with Gasteiger partial charge in [0.2, 0.25) is 0 Å². The Balaban J connectivity index is 1.73. The Labute approximate surface area is 130 Å². The largest absolute Gasteiger partial charge is 0.396 e. The van der Waals surface area contributed by atoms with Gasteiger partial charge in [-0.05, 0) is 74.5 Å². The van der Waals surface area contributed by atoms with Crippen LogP contribution < -0.4 is 0 Å². The van der Waals surface area contributed by atoms with E-state index in [2.05, 4.69) is 26.0 Å². The van der Waals surface area contributed by atoms with E-state index in [0.717, 1.165) is 24.2 Å². The molecule has 3 aliphatic rings. The Bertz CT molecular complexity index is 433. The van der Waals surface area contributed by atoms with Crippen molar-refractivity contribution in [3.63, 3.8) is 0 Å². The van der Waals surface area contributed by atoms with Gasteiger partial charge >= 0.3 is 0 Å². The van der Waals surface area contributed by atoms with E-state index in [0.29, 0.717) is 12.0 Å². The maximum atomic E-state index is 9.31. The summed E-state index contributed by atoms with van der Waals surface area (Å²) in [6, 6.07) is 0. The zero-order valence-electron chi connectivity index (χ0n) is 13.9. The van der Waals surface area contributed by atoms with E-state index in [9.17, 15) is 5.11 Å². The van der Waals surface area contributed by atoms with Crippen LogP contribution in [0.15, 0.2) is 23.3 Å². The molecule has 3 rings (SSSR count). The molecular weight excluding hydrogens is 256 g/mol. The second kappa shape index (κ2) is 6.28. The maximum absolute atomic E-state index is 9.31. The number of allylic oxidation sites excluding steroid dienone is 4. The second-order valence-corrected chi connectivity index (χ2v) is 7.97. The van der Waals surface area contributed by atoms with Crippen LogP contribution in [0.3, 0.4) is 0 Å². The first kappa shape index (κ1) is 15.3. The van der Waals surface area contributed by atoms with E-state index >= 15 is 0 Å². The van der Waals surface area contributed by atoms with Gasteiger partial charge in [0.25, 0.3) is 0 Å². The zero-order chi connectivity index (χ0) is 14.9. The van der Waals surface area contributed by atoms with Crippen LogP contribution in [0, 0.1) is 23.2 Å². The van der Waals surface area contributed by atoms with Crippen LogP contribution in [-0.2, 0) is 0 Å². The van der Waals surface area contributed by atoms with Gasteiger partial charge in [0.15, 0.2) is 0 Å². The molecule has 0 radical (unpaired) electrons. The number of aliphatic hydroxyl groups excluding tert-OH is 1. The van der Waals surface area contributed by atoms with Gasteiger partial charge in [-0.15, -0.1) is 0 Å². The molecule has 3 aliphatic carbocycles. The summed E-state index contributed by atoms with van der Waals surface area (Å²) in [5, 5.41) is 9.31. The van der Waals surface area contributed by atoms with Crippen molar-refractivity contribution >= 4 is 0 Å². The van der Waals surface area contributed by atoms with E-state index < -0.39 is 0 Å². The first-order chi connectivity index (χ1) is 10.1. The van der Waals surface area contributed by atoms with Crippen LogP contribution in [0.5, 0.6) is 0 Å². The van der Waals surface area contributed by atoms with Gasteiger partial charge in [-0.25, -0.2) is 0 Å². The standard InChI is InChI=1S/C20H32O/c1-15-5-3-4-6-16(15)7-8-17-11-13-20(2)18(12-14-21)9-10-19(17)20/h7-8,15,18-19,21H,3-6,9-14H2,1-2H3/t15-,18+,19-,20+/m0/s1. The molecule has 0 aliphatic heterocycles. The van der Waals surface area contributed by atoms with E-state index in [-0.39, 0.29) is 0 Å². The quantitative estimate of drug-likeness (QED) is 0.751. The van der Waals surface area contributed by atoms with Gasteiger partial charge < -0.3 is 5.11 Å². The molecule has 3 saturated carbocycles. The van der Waals surface area contributed by atoms with Crippen molar-refractivity contribution in [3.8, 4) is 0 Å². The van der Waals surface area contributed by atoms with E-state index in [1.807, 2.05) is 0 Å². The Morgan fingerprint density at radius 3 is 2.67 bits per heavy atom. The third-order valence-corrected chi connectivity index (χ3v) is 6.91. The fraction of sp³-hybridized carbons (Fsp3) is 0.800. The van der Waals surface area contributed by atoms with Crippen molar-refractivity contribution in [2.24, 2.45) is 23.2 Å². The molecule has 118 valence electrons. The molecule has 0 aromatic carbocycles. The molecule has 0 aromatic heterocycles. The lowest BCUT2D eigenvalue weighted by atomic mass is 9.74. The molecule has 0 heterocycles. The van der Waals surface area contributed by atoms with Gasteiger partial charge in [-0.2, -0.15) is 0 Å². The molecule has 0 amide bonds. The lowest BCUT2D eigenvalue weighted by Crippen LogP contribution is -2.25. The second-order valence-electron chi connectivity index (χ2n) is 7.97. The van der Waals surface area contributed by atoms with E-state index in [1.54, 1.807) is 11.1 Å². The van der Waals surface area contributed by atoms with Gasteiger partial charge in [0.05, 0.1) is 0 Å². The van der Waals surface area contributed by atoms with Crippen LogP contribution in [0.2, 0.25) is 0 Å². The van der Waals surface area contributed by atoms with Gasteiger partial charge in [-0.3, -0.25) is 0 Å². The zero-order valence-corrected chi connectivity index (χ0v) is 13.9. The van der Waals surface area contributed by atoms with Crippen molar-refractivity contribution in [3.05, 3.63) is 23.3 Å². The topological polar surface area (TPSA) is 20.2 Å². The molecule has 3 fully saturated rings. The predicted octanol–water partition coefficient (Wildman–Crippen LogP) is 5.26. The molecule has 4 atom stereocenters. The predicted molar refractivity (Wildman–Crippen MR) is 89.1 cm³/mol. The van der Waals surface area contributed by atoms with Gasteiger partial charge in [0.1, 0.15) is 0 Å². The van der Waals surface area contributed by atoms with Gasteiger partial charge in [0, 0.05) is 6.61 Å². The lowest BCUT2D eigenvalue weighted by molar-refractivity contribution is 0.156. The molecule has 1 nitrogen and oxygen atoms in total. The van der Waals surface area contributed by atoms with Crippen molar-refractivity contribution in [2.75, 3.05) is 6.61 Å². The van der Waals surface area contributed by atoms with Crippen molar-refractivity contribution in [1.29, 1.82) is 0 Å². The third-order valence-electron chi connectivity index (χ3n) is 6.91. The summed E-state index contributed by atoms with van der Waals surface area (Å²) in [5.74, 6) is 2.35. The minimum Gasteiger partial charge on any atom is -0.396 e. The van der Waals surface area contributed by atoms with Crippen molar-refractivity contribution < 1.29 is 5.11 Å². The van der Waals surface area contributed by atoms with Gasteiger partial charge in [-0.1, -0.05) is 43.6 Å². The monoisotopic (exact) mass is 288 g/mol. The highest BCUT2D eigenvalue weighted by molar-refractivity contribution is 5.27. The van der Waals surface area contributed by atoms with Crippen LogP contribution in [0.1, 0.15) is 71.6 Å². The number of hydrogen-bond acceptors (Lipinski definition) is 1. The highest BCUT2D eigenvalue weighted by Crippen LogP contribution is 2.60. The molecule has 0 spiro atoms. The molecule has 0 saturated heterocycles. The van der Waals surface area contributed by atoms with Crippen LogP contribution >= 0.6 is 0 Å².